The fraction of sp³-hybridized carbons (Fsp3) is 0.545. The number of hydrogen-bond donors (Lipinski definition) is 3. The van der Waals surface area contributed by atoms with E-state index >= 15 is 0 Å². The topological polar surface area (TPSA) is 97.1 Å². The summed E-state index contributed by atoms with van der Waals surface area (Å²) >= 11 is 1.93. The van der Waals surface area contributed by atoms with Crippen molar-refractivity contribution in [1.82, 2.24) is 9.71 Å². The van der Waals surface area contributed by atoms with E-state index in [9.17, 15) is 8.42 Å². The molecule has 1 aliphatic heterocycles. The fourth-order valence-electron chi connectivity index (χ4n) is 1.89. The molecule has 0 radical (unpaired) electrons. The Morgan fingerprint density at radius 3 is 2.68 bits per heavy atom. The molecule has 6 nitrogen and oxygen atoms in total. The molecule has 1 aliphatic rings. The van der Waals surface area contributed by atoms with Gasteiger partial charge in [-0.2, -0.15) is 11.8 Å². The molecule has 1 fully saturated rings. The van der Waals surface area contributed by atoms with E-state index in [1.807, 2.05) is 11.8 Å². The van der Waals surface area contributed by atoms with Gasteiger partial charge in [-0.3, -0.25) is 0 Å². The molecule has 106 valence electrons. The lowest BCUT2D eigenvalue weighted by Gasteiger charge is -2.21. The predicted molar refractivity (Wildman–Crippen MR) is 77.3 cm³/mol. The van der Waals surface area contributed by atoms with Gasteiger partial charge < -0.3 is 5.43 Å². The number of sulfonamides is 1. The van der Waals surface area contributed by atoms with Gasteiger partial charge in [0.15, 0.2) is 0 Å². The molecule has 0 spiro atoms. The maximum Gasteiger partial charge on any atom is 0.242 e. The van der Waals surface area contributed by atoms with E-state index in [-0.39, 0.29) is 4.90 Å². The summed E-state index contributed by atoms with van der Waals surface area (Å²) in [5.41, 5.74) is 2.36. The third kappa shape index (κ3) is 4.07. The van der Waals surface area contributed by atoms with Gasteiger partial charge in [0.1, 0.15) is 10.7 Å². The minimum absolute atomic E-state index is 0.164. The molecule has 0 bridgehead atoms. The molecule has 1 aromatic rings. The van der Waals surface area contributed by atoms with Crippen LogP contribution in [0.4, 0.5) is 5.82 Å². The van der Waals surface area contributed by atoms with E-state index in [4.69, 9.17) is 5.84 Å². The van der Waals surface area contributed by atoms with E-state index in [1.165, 1.54) is 18.3 Å². The summed E-state index contributed by atoms with van der Waals surface area (Å²) in [4.78, 5) is 4.06. The molecule has 0 amide bonds. The zero-order valence-electron chi connectivity index (χ0n) is 10.5. The first-order chi connectivity index (χ1) is 9.12. The van der Waals surface area contributed by atoms with Gasteiger partial charge >= 0.3 is 0 Å². The summed E-state index contributed by atoms with van der Waals surface area (Å²) in [6.07, 6.45) is 3.44. The van der Waals surface area contributed by atoms with E-state index < -0.39 is 10.0 Å². The van der Waals surface area contributed by atoms with Crippen molar-refractivity contribution in [2.75, 3.05) is 23.5 Å². The third-order valence-electron chi connectivity index (χ3n) is 3.10. The van der Waals surface area contributed by atoms with Gasteiger partial charge in [0.25, 0.3) is 0 Å². The second-order valence-electron chi connectivity index (χ2n) is 4.43. The van der Waals surface area contributed by atoms with Crippen LogP contribution in [0.5, 0.6) is 0 Å². The van der Waals surface area contributed by atoms with Crippen molar-refractivity contribution in [1.29, 1.82) is 0 Å². The Labute approximate surface area is 117 Å². The van der Waals surface area contributed by atoms with Crippen LogP contribution in [0.25, 0.3) is 0 Å². The molecule has 0 aromatic carbocycles. The van der Waals surface area contributed by atoms with Gasteiger partial charge in [0.05, 0.1) is 0 Å². The van der Waals surface area contributed by atoms with Gasteiger partial charge in [0, 0.05) is 12.7 Å². The molecule has 1 aromatic heterocycles. The molecule has 0 unspecified atom stereocenters. The summed E-state index contributed by atoms with van der Waals surface area (Å²) in [6.45, 7) is 0.500. The number of thioether (sulfide) groups is 1. The lowest BCUT2D eigenvalue weighted by molar-refractivity contribution is 0.476. The van der Waals surface area contributed by atoms with Crippen LogP contribution in [0.3, 0.4) is 0 Å². The average Bonchev–Trinajstić information content (AvgIpc) is 2.46. The van der Waals surface area contributed by atoms with Crippen LogP contribution in [0.15, 0.2) is 23.2 Å². The summed E-state index contributed by atoms with van der Waals surface area (Å²) in [7, 11) is -3.47. The van der Waals surface area contributed by atoms with Crippen molar-refractivity contribution in [3.8, 4) is 0 Å². The molecule has 0 atom stereocenters. The maximum atomic E-state index is 12.1. The molecule has 19 heavy (non-hydrogen) atoms. The number of nitrogens with two attached hydrogens (primary N) is 1. The largest absolute Gasteiger partial charge is 0.308 e. The van der Waals surface area contributed by atoms with Crippen LogP contribution in [0, 0.1) is 5.92 Å². The number of rotatable bonds is 5. The lowest BCUT2D eigenvalue weighted by atomic mass is 10.0. The van der Waals surface area contributed by atoms with Gasteiger partial charge in [-0.15, -0.1) is 0 Å². The molecule has 0 aliphatic carbocycles. The molecule has 2 heterocycles. The summed E-state index contributed by atoms with van der Waals surface area (Å²) in [5.74, 6) is 8.29. The van der Waals surface area contributed by atoms with Crippen molar-refractivity contribution in [2.24, 2.45) is 11.8 Å². The zero-order valence-corrected chi connectivity index (χ0v) is 12.1. The van der Waals surface area contributed by atoms with Crippen molar-refractivity contribution in [3.63, 3.8) is 0 Å². The zero-order chi connectivity index (χ0) is 13.7. The van der Waals surface area contributed by atoms with Crippen LogP contribution in [-0.2, 0) is 10.0 Å². The molecule has 1 saturated heterocycles. The number of anilines is 1. The Hall–Kier alpha value is -0.830. The Bertz CT molecular complexity index is 498. The van der Waals surface area contributed by atoms with Crippen molar-refractivity contribution >= 4 is 27.6 Å². The Balaban J connectivity index is 1.96. The summed E-state index contributed by atoms with van der Waals surface area (Å²) in [5, 5.41) is 0. The van der Waals surface area contributed by atoms with E-state index in [2.05, 4.69) is 15.1 Å². The van der Waals surface area contributed by atoms with E-state index in [0.29, 0.717) is 18.3 Å². The van der Waals surface area contributed by atoms with Gasteiger partial charge in [-0.25, -0.2) is 24.0 Å². The van der Waals surface area contributed by atoms with Crippen LogP contribution in [-0.4, -0.2) is 31.5 Å². The molecule has 8 heteroatoms. The lowest BCUT2D eigenvalue weighted by Crippen LogP contribution is -2.31. The smallest absolute Gasteiger partial charge is 0.242 e. The minimum Gasteiger partial charge on any atom is -0.308 e. The normalized spacial score (nSPS) is 17.3. The minimum atomic E-state index is -3.47. The summed E-state index contributed by atoms with van der Waals surface area (Å²) < 4.78 is 26.8. The number of hydrogen-bond acceptors (Lipinski definition) is 6. The first-order valence-corrected chi connectivity index (χ1v) is 8.75. The molecule has 2 rings (SSSR count). The van der Waals surface area contributed by atoms with Crippen molar-refractivity contribution in [2.45, 2.75) is 17.7 Å². The molecular weight excluding hydrogens is 284 g/mol. The monoisotopic (exact) mass is 302 g/mol. The average molecular weight is 302 g/mol. The fourth-order valence-corrected chi connectivity index (χ4v) is 4.15. The van der Waals surface area contributed by atoms with E-state index in [1.54, 1.807) is 0 Å². The predicted octanol–water partition coefficient (Wildman–Crippen LogP) is 0.789. The number of nitrogens with one attached hydrogen (secondary N) is 2. The highest BCUT2D eigenvalue weighted by Gasteiger charge is 2.19. The van der Waals surface area contributed by atoms with Gasteiger partial charge in [0.2, 0.25) is 10.0 Å². The molecular formula is C11H18N4O2S2. The number of hydrazine groups is 1. The highest BCUT2D eigenvalue weighted by Crippen LogP contribution is 2.22. The third-order valence-corrected chi connectivity index (χ3v) is 5.55. The van der Waals surface area contributed by atoms with Crippen molar-refractivity contribution < 1.29 is 8.42 Å². The SMILES string of the molecule is NNc1ccc(S(=O)(=O)NCC2CCSCC2)cn1. The quantitative estimate of drug-likeness (QED) is 0.549. The molecule has 4 N–H and O–H groups in total. The van der Waals surface area contributed by atoms with Gasteiger partial charge in [-0.05, 0) is 42.4 Å². The second-order valence-corrected chi connectivity index (χ2v) is 7.42. The number of aromatic nitrogens is 1. The number of nitrogens with zero attached hydrogens (tertiary/aromatic N) is 1. The Kier molecular flexibility index (Phi) is 5.03. The standard InChI is InChI=1S/C11H18N4O2S2/c12-15-11-2-1-10(8-13-11)19(16,17)14-7-9-3-5-18-6-4-9/h1-2,8-9,14H,3-7,12H2,(H,13,15). The van der Waals surface area contributed by atoms with E-state index in [0.717, 1.165) is 24.3 Å². The highest BCUT2D eigenvalue weighted by molar-refractivity contribution is 7.99. The van der Waals surface area contributed by atoms with Crippen LogP contribution < -0.4 is 16.0 Å². The number of nitrogen functional groups attached to an aromatic ring is 1. The van der Waals surface area contributed by atoms with Crippen LogP contribution in [0.2, 0.25) is 0 Å². The molecule has 0 saturated carbocycles. The number of pyridine rings is 1. The first-order valence-electron chi connectivity index (χ1n) is 6.12. The highest BCUT2D eigenvalue weighted by atomic mass is 32.2. The Morgan fingerprint density at radius 1 is 1.37 bits per heavy atom. The Morgan fingerprint density at radius 2 is 2.11 bits per heavy atom. The van der Waals surface area contributed by atoms with Crippen LogP contribution >= 0.6 is 11.8 Å². The van der Waals surface area contributed by atoms with Crippen molar-refractivity contribution in [3.05, 3.63) is 18.3 Å². The van der Waals surface area contributed by atoms with Crippen LogP contribution in [0.1, 0.15) is 12.8 Å². The second kappa shape index (κ2) is 6.56. The van der Waals surface area contributed by atoms with Gasteiger partial charge in [-0.1, -0.05) is 0 Å². The summed E-state index contributed by atoms with van der Waals surface area (Å²) in [6, 6.07) is 3.02. The first kappa shape index (κ1) is 14.6. The maximum absolute atomic E-state index is 12.1.